The molecule has 1 spiro atoms. The Hall–Kier alpha value is -2.44. The summed E-state index contributed by atoms with van der Waals surface area (Å²) in [5, 5.41) is 2.91. The van der Waals surface area contributed by atoms with Crippen molar-refractivity contribution in [3.63, 3.8) is 0 Å². The lowest BCUT2D eigenvalue weighted by molar-refractivity contribution is -0.134. The lowest BCUT2D eigenvalue weighted by Gasteiger charge is -2.43. The number of aromatic nitrogens is 1. The van der Waals surface area contributed by atoms with E-state index in [2.05, 4.69) is 31.1 Å². The zero-order chi connectivity index (χ0) is 20.7. The number of pyridine rings is 1. The first-order chi connectivity index (χ1) is 13.0. The third-order valence-electron chi connectivity index (χ3n) is 5.42. The van der Waals surface area contributed by atoms with Crippen molar-refractivity contribution < 1.29 is 14.4 Å². The molecule has 2 heterocycles. The highest BCUT2D eigenvalue weighted by Gasteiger charge is 2.56. The second-order valence-corrected chi connectivity index (χ2v) is 9.30. The molecule has 7 heteroatoms. The smallest absolute Gasteiger partial charge is 0.323 e. The molecule has 7 nitrogen and oxygen atoms in total. The van der Waals surface area contributed by atoms with E-state index in [0.717, 1.165) is 11.3 Å². The number of amides is 3. The van der Waals surface area contributed by atoms with E-state index in [-0.39, 0.29) is 29.8 Å². The highest BCUT2D eigenvalue weighted by molar-refractivity contribution is 6.09. The third-order valence-corrected chi connectivity index (χ3v) is 5.42. The summed E-state index contributed by atoms with van der Waals surface area (Å²) < 4.78 is 1.40. The summed E-state index contributed by atoms with van der Waals surface area (Å²) in [6, 6.07) is 4.82. The maximum absolute atomic E-state index is 13.2. The zero-order valence-corrected chi connectivity index (χ0v) is 17.4. The van der Waals surface area contributed by atoms with Crippen LogP contribution in [0.1, 0.15) is 58.7 Å². The maximum Gasteiger partial charge on any atom is 0.325 e. The molecule has 2 aliphatic rings. The van der Waals surface area contributed by atoms with E-state index in [1.54, 1.807) is 24.4 Å². The van der Waals surface area contributed by atoms with Gasteiger partial charge in [-0.15, -0.1) is 0 Å². The van der Waals surface area contributed by atoms with Crippen LogP contribution in [-0.2, 0) is 4.79 Å². The molecule has 1 saturated heterocycles. The Labute approximate surface area is 165 Å². The van der Waals surface area contributed by atoms with E-state index in [9.17, 15) is 14.4 Å². The summed E-state index contributed by atoms with van der Waals surface area (Å²) >= 11 is 0. The molecule has 1 aliphatic heterocycles. The van der Waals surface area contributed by atoms with Crippen molar-refractivity contribution in [2.75, 3.05) is 6.54 Å². The Morgan fingerprint density at radius 3 is 2.64 bits per heavy atom. The Morgan fingerprint density at radius 1 is 1.29 bits per heavy atom. The summed E-state index contributed by atoms with van der Waals surface area (Å²) in [7, 11) is 0. The van der Waals surface area contributed by atoms with Crippen LogP contribution >= 0.6 is 0 Å². The van der Waals surface area contributed by atoms with E-state index in [1.165, 1.54) is 4.57 Å². The lowest BCUT2D eigenvalue weighted by atomic mass is 9.64. The SMILES string of the molecule is CC1CC(C)(C)CC2(C1)NC(=O)N(CC(=O)n1ccccc1=NC(C)C)C2=O. The fourth-order valence-electron chi connectivity index (χ4n) is 4.88. The van der Waals surface area contributed by atoms with Crippen molar-refractivity contribution in [2.24, 2.45) is 16.3 Å². The Bertz CT molecular complexity index is 870. The van der Waals surface area contributed by atoms with Crippen LogP contribution in [0.3, 0.4) is 0 Å². The molecule has 0 radical (unpaired) electrons. The normalized spacial score (nSPS) is 27.6. The largest absolute Gasteiger partial charge is 0.325 e. The van der Waals surface area contributed by atoms with Gasteiger partial charge in [0.05, 0.1) is 0 Å². The number of rotatable bonds is 3. The number of hydrogen-bond donors (Lipinski definition) is 1. The molecule has 0 bridgehead atoms. The first kappa shape index (κ1) is 20.3. The molecule has 1 N–H and O–H groups in total. The number of nitrogens with zero attached hydrogens (tertiary/aromatic N) is 3. The summed E-state index contributed by atoms with van der Waals surface area (Å²) in [4.78, 5) is 44.2. The van der Waals surface area contributed by atoms with Crippen molar-refractivity contribution in [1.82, 2.24) is 14.8 Å². The monoisotopic (exact) mass is 386 g/mol. The van der Waals surface area contributed by atoms with Gasteiger partial charge in [-0.05, 0) is 56.6 Å². The van der Waals surface area contributed by atoms with Crippen molar-refractivity contribution in [3.8, 4) is 0 Å². The fraction of sp³-hybridized carbons (Fsp3) is 0.619. The average molecular weight is 386 g/mol. The Morgan fingerprint density at radius 2 is 2.00 bits per heavy atom. The van der Waals surface area contributed by atoms with Gasteiger partial charge in [0.1, 0.15) is 17.6 Å². The van der Waals surface area contributed by atoms with E-state index in [4.69, 9.17) is 0 Å². The zero-order valence-electron chi connectivity index (χ0n) is 17.4. The number of nitrogens with one attached hydrogen (secondary N) is 1. The number of imide groups is 1. The quantitative estimate of drug-likeness (QED) is 0.811. The van der Waals surface area contributed by atoms with Crippen molar-refractivity contribution >= 4 is 17.8 Å². The number of urea groups is 1. The second-order valence-electron chi connectivity index (χ2n) is 9.30. The standard InChI is InChI=1S/C21H30N4O3/c1-14(2)22-16-8-6-7-9-24(16)17(26)12-25-18(27)21(23-19(25)28)11-15(3)10-20(4,5)13-21/h6-9,14-15H,10-13H2,1-5H3,(H,23,28). The van der Waals surface area contributed by atoms with Gasteiger partial charge in [-0.2, -0.15) is 0 Å². The predicted octanol–water partition coefficient (Wildman–Crippen LogP) is 2.57. The Balaban J connectivity index is 1.85. The molecular formula is C21H30N4O3. The highest BCUT2D eigenvalue weighted by Crippen LogP contribution is 2.46. The fourth-order valence-corrected chi connectivity index (χ4v) is 4.88. The van der Waals surface area contributed by atoms with Gasteiger partial charge in [0, 0.05) is 12.2 Å². The molecule has 2 unspecified atom stereocenters. The minimum Gasteiger partial charge on any atom is -0.323 e. The first-order valence-electron chi connectivity index (χ1n) is 9.92. The molecule has 0 aromatic carbocycles. The van der Waals surface area contributed by atoms with Crippen molar-refractivity contribution in [1.29, 1.82) is 0 Å². The van der Waals surface area contributed by atoms with Gasteiger partial charge >= 0.3 is 6.03 Å². The summed E-state index contributed by atoms with van der Waals surface area (Å²) in [6.07, 6.45) is 3.82. The first-order valence-corrected chi connectivity index (χ1v) is 9.92. The molecule has 2 fully saturated rings. The minimum atomic E-state index is -0.898. The van der Waals surface area contributed by atoms with E-state index >= 15 is 0 Å². The van der Waals surface area contributed by atoms with Crippen LogP contribution in [0.15, 0.2) is 29.4 Å². The summed E-state index contributed by atoms with van der Waals surface area (Å²) in [5.41, 5.74) is -0.431. The predicted molar refractivity (Wildman–Crippen MR) is 106 cm³/mol. The van der Waals surface area contributed by atoms with Gasteiger partial charge in [0.2, 0.25) is 0 Å². The van der Waals surface area contributed by atoms with E-state index < -0.39 is 11.6 Å². The van der Waals surface area contributed by atoms with Gasteiger partial charge < -0.3 is 5.32 Å². The van der Waals surface area contributed by atoms with Crippen LogP contribution in [0.2, 0.25) is 0 Å². The van der Waals surface area contributed by atoms with Gasteiger partial charge in [0.25, 0.3) is 11.8 Å². The minimum absolute atomic E-state index is 0.0207. The lowest BCUT2D eigenvalue weighted by Crippen LogP contribution is -2.54. The third kappa shape index (κ3) is 3.88. The topological polar surface area (TPSA) is 83.8 Å². The van der Waals surface area contributed by atoms with Crippen molar-refractivity contribution in [2.45, 2.75) is 65.5 Å². The van der Waals surface area contributed by atoms with Crippen molar-refractivity contribution in [3.05, 3.63) is 29.9 Å². The van der Waals surface area contributed by atoms with E-state index in [1.807, 2.05) is 13.8 Å². The van der Waals surface area contributed by atoms with Gasteiger partial charge in [0.15, 0.2) is 0 Å². The van der Waals surface area contributed by atoms with Crippen LogP contribution in [0.25, 0.3) is 0 Å². The highest BCUT2D eigenvalue weighted by atomic mass is 16.2. The molecule has 152 valence electrons. The van der Waals surface area contributed by atoms with Gasteiger partial charge in [-0.1, -0.05) is 26.8 Å². The maximum atomic E-state index is 13.2. The molecule has 1 aromatic rings. The molecule has 1 saturated carbocycles. The average Bonchev–Trinajstić information content (AvgIpc) is 2.76. The molecule has 28 heavy (non-hydrogen) atoms. The van der Waals surface area contributed by atoms with Gasteiger partial charge in [-0.25, -0.2) is 4.79 Å². The molecule has 3 rings (SSSR count). The molecule has 1 aromatic heterocycles. The van der Waals surface area contributed by atoms with Crippen LogP contribution < -0.4 is 10.8 Å². The summed E-state index contributed by atoms with van der Waals surface area (Å²) in [5.74, 6) is -0.323. The van der Waals surface area contributed by atoms with Crippen LogP contribution in [-0.4, -0.2) is 45.4 Å². The van der Waals surface area contributed by atoms with E-state index in [0.29, 0.717) is 24.2 Å². The summed E-state index contributed by atoms with van der Waals surface area (Å²) in [6.45, 7) is 9.91. The second kappa shape index (κ2) is 7.18. The molecule has 2 atom stereocenters. The number of carbonyl (C=O) groups excluding carboxylic acids is 3. The Kier molecular flexibility index (Phi) is 5.21. The number of carbonyl (C=O) groups is 3. The van der Waals surface area contributed by atoms with Crippen LogP contribution in [0.5, 0.6) is 0 Å². The van der Waals surface area contributed by atoms with Gasteiger partial charge in [-0.3, -0.25) is 24.0 Å². The molecule has 1 aliphatic carbocycles. The number of hydrogen-bond acceptors (Lipinski definition) is 4. The molecule has 3 amide bonds. The van der Waals surface area contributed by atoms with Crippen LogP contribution in [0, 0.1) is 11.3 Å². The van der Waals surface area contributed by atoms with Crippen LogP contribution in [0.4, 0.5) is 4.79 Å². The molecular weight excluding hydrogens is 356 g/mol.